The Bertz CT molecular complexity index is 689. The van der Waals surface area contributed by atoms with E-state index >= 15 is 0 Å². The van der Waals surface area contributed by atoms with E-state index in [1.807, 2.05) is 0 Å². The highest BCUT2D eigenvalue weighted by atomic mass is 32.2. The normalized spacial score (nSPS) is 11.4. The van der Waals surface area contributed by atoms with Gasteiger partial charge in [-0.3, -0.25) is 0 Å². The summed E-state index contributed by atoms with van der Waals surface area (Å²) in [7, 11) is -4.05. The van der Waals surface area contributed by atoms with Gasteiger partial charge in [0.2, 0.25) is 5.03 Å². The van der Waals surface area contributed by atoms with Gasteiger partial charge in [-0.1, -0.05) is 18.2 Å². The summed E-state index contributed by atoms with van der Waals surface area (Å²) in [5.41, 5.74) is 0.391. The molecule has 0 aliphatic heterocycles. The van der Waals surface area contributed by atoms with Crippen LogP contribution in [-0.4, -0.2) is 18.5 Å². The lowest BCUT2D eigenvalue weighted by Crippen LogP contribution is -2.25. The predicted octanol–water partition coefficient (Wildman–Crippen LogP) is 1.40. The molecule has 2 aromatic rings. The van der Waals surface area contributed by atoms with Crippen LogP contribution >= 0.6 is 0 Å². The van der Waals surface area contributed by atoms with Crippen molar-refractivity contribution in [3.63, 3.8) is 0 Å². The van der Waals surface area contributed by atoms with Gasteiger partial charge in [0.1, 0.15) is 5.75 Å². The van der Waals surface area contributed by atoms with Gasteiger partial charge < -0.3 is 5.11 Å². The number of halogens is 1. The molecule has 7 heteroatoms. The summed E-state index contributed by atoms with van der Waals surface area (Å²) in [4.78, 5) is 3.50. The van der Waals surface area contributed by atoms with Crippen molar-refractivity contribution in [2.75, 3.05) is 0 Å². The van der Waals surface area contributed by atoms with Crippen molar-refractivity contribution < 1.29 is 17.9 Å². The minimum absolute atomic E-state index is 0.0355. The quantitative estimate of drug-likeness (QED) is 0.888. The van der Waals surface area contributed by atoms with Crippen LogP contribution in [0.25, 0.3) is 0 Å². The average molecular weight is 282 g/mol. The topological polar surface area (TPSA) is 79.3 Å². The molecule has 0 amide bonds. The number of phenolic OH excluding ortho intramolecular Hbond substituents is 1. The predicted molar refractivity (Wildman–Crippen MR) is 66.3 cm³/mol. The molecule has 0 radical (unpaired) electrons. The minimum atomic E-state index is -4.05. The average Bonchev–Trinajstić information content (AvgIpc) is 2.38. The van der Waals surface area contributed by atoms with Gasteiger partial charge in [-0.15, -0.1) is 0 Å². The molecule has 100 valence electrons. The van der Waals surface area contributed by atoms with Crippen molar-refractivity contribution in [2.24, 2.45) is 0 Å². The Kier molecular flexibility index (Phi) is 3.77. The van der Waals surface area contributed by atoms with Crippen molar-refractivity contribution in [3.8, 4) is 5.75 Å². The number of nitrogens with zero attached hydrogens (tertiary/aromatic N) is 1. The number of rotatable bonds is 4. The molecular weight excluding hydrogens is 271 g/mol. The number of benzene rings is 1. The number of para-hydroxylation sites is 1. The second kappa shape index (κ2) is 5.33. The number of hydrogen-bond donors (Lipinski definition) is 2. The van der Waals surface area contributed by atoms with Gasteiger partial charge in [0.15, 0.2) is 5.82 Å². The molecule has 0 saturated carbocycles. The second-order valence-corrected chi connectivity index (χ2v) is 5.43. The van der Waals surface area contributed by atoms with Crippen molar-refractivity contribution in [2.45, 2.75) is 11.6 Å². The zero-order valence-electron chi connectivity index (χ0n) is 9.75. The highest BCUT2D eigenvalue weighted by molar-refractivity contribution is 7.89. The molecule has 0 fully saturated rings. The molecule has 0 aliphatic carbocycles. The van der Waals surface area contributed by atoms with E-state index in [1.165, 1.54) is 18.3 Å². The number of aromatic nitrogens is 1. The van der Waals surface area contributed by atoms with Crippen molar-refractivity contribution >= 4 is 10.0 Å². The number of sulfonamides is 1. The molecule has 0 bridgehead atoms. The third-order valence-corrected chi connectivity index (χ3v) is 3.76. The molecule has 1 aromatic heterocycles. The van der Waals surface area contributed by atoms with Gasteiger partial charge in [0.25, 0.3) is 10.0 Å². The van der Waals surface area contributed by atoms with Crippen molar-refractivity contribution in [1.82, 2.24) is 9.71 Å². The van der Waals surface area contributed by atoms with Crippen LogP contribution in [0.15, 0.2) is 47.6 Å². The highest BCUT2D eigenvalue weighted by Crippen LogP contribution is 2.16. The Morgan fingerprint density at radius 3 is 2.63 bits per heavy atom. The molecule has 0 unspecified atom stereocenters. The van der Waals surface area contributed by atoms with Crippen LogP contribution in [0, 0.1) is 5.82 Å². The first-order valence-corrected chi connectivity index (χ1v) is 6.86. The SMILES string of the molecule is O=S(=O)(NCc1ccccc1O)c1ncccc1F. The summed E-state index contributed by atoms with van der Waals surface area (Å²) < 4.78 is 39.2. The first-order valence-electron chi connectivity index (χ1n) is 5.38. The number of nitrogens with one attached hydrogen (secondary N) is 1. The van der Waals surface area contributed by atoms with E-state index in [0.717, 1.165) is 6.07 Å². The van der Waals surface area contributed by atoms with Crippen LogP contribution in [0.1, 0.15) is 5.56 Å². The standard InChI is InChI=1S/C12H11FN2O3S/c13-10-5-3-7-14-12(10)19(17,18)15-8-9-4-1-2-6-11(9)16/h1-7,15-16H,8H2. The van der Waals surface area contributed by atoms with Gasteiger partial charge >= 0.3 is 0 Å². The summed E-state index contributed by atoms with van der Waals surface area (Å²) in [5.74, 6) is -0.959. The molecule has 1 aromatic carbocycles. The van der Waals surface area contributed by atoms with Gasteiger partial charge in [0.05, 0.1) is 0 Å². The van der Waals surface area contributed by atoms with E-state index in [4.69, 9.17) is 0 Å². The number of pyridine rings is 1. The summed E-state index contributed by atoms with van der Waals surface area (Å²) >= 11 is 0. The zero-order chi connectivity index (χ0) is 13.9. The third kappa shape index (κ3) is 3.07. The Morgan fingerprint density at radius 1 is 1.21 bits per heavy atom. The van der Waals surface area contributed by atoms with E-state index in [-0.39, 0.29) is 12.3 Å². The van der Waals surface area contributed by atoms with Crippen LogP contribution in [0.5, 0.6) is 5.75 Å². The largest absolute Gasteiger partial charge is 0.508 e. The van der Waals surface area contributed by atoms with Crippen LogP contribution in [0.4, 0.5) is 4.39 Å². The summed E-state index contributed by atoms with van der Waals surface area (Å²) in [6.45, 7) is -0.148. The summed E-state index contributed by atoms with van der Waals surface area (Å²) in [5, 5.41) is 8.85. The number of aromatic hydroxyl groups is 1. The van der Waals surface area contributed by atoms with E-state index in [1.54, 1.807) is 18.2 Å². The molecule has 1 heterocycles. The van der Waals surface area contributed by atoms with E-state index in [2.05, 4.69) is 9.71 Å². The van der Waals surface area contributed by atoms with Gasteiger partial charge in [-0.2, -0.15) is 0 Å². The first-order chi connectivity index (χ1) is 9.00. The molecule has 19 heavy (non-hydrogen) atoms. The highest BCUT2D eigenvalue weighted by Gasteiger charge is 2.20. The Labute approximate surface area is 109 Å². The maximum atomic E-state index is 13.4. The summed E-state index contributed by atoms with van der Waals surface area (Å²) in [6.07, 6.45) is 1.19. The Balaban J connectivity index is 2.20. The van der Waals surface area contributed by atoms with Crippen LogP contribution in [-0.2, 0) is 16.6 Å². The molecular formula is C12H11FN2O3S. The molecule has 5 nitrogen and oxygen atoms in total. The smallest absolute Gasteiger partial charge is 0.261 e. The number of hydrogen-bond acceptors (Lipinski definition) is 4. The fourth-order valence-corrected chi connectivity index (χ4v) is 2.48. The summed E-state index contributed by atoms with van der Waals surface area (Å²) in [6, 6.07) is 8.59. The first kappa shape index (κ1) is 13.4. The Hall–Kier alpha value is -1.99. The lowest BCUT2D eigenvalue weighted by Gasteiger charge is -2.07. The van der Waals surface area contributed by atoms with Gasteiger partial charge in [-0.05, 0) is 18.2 Å². The van der Waals surface area contributed by atoms with E-state index in [9.17, 15) is 17.9 Å². The fraction of sp³-hybridized carbons (Fsp3) is 0.0833. The second-order valence-electron chi connectivity index (χ2n) is 3.74. The maximum absolute atomic E-state index is 13.4. The monoisotopic (exact) mass is 282 g/mol. The fourth-order valence-electron chi connectivity index (χ4n) is 1.47. The maximum Gasteiger partial charge on any atom is 0.261 e. The molecule has 0 aliphatic rings. The van der Waals surface area contributed by atoms with Crippen LogP contribution in [0.3, 0.4) is 0 Å². The molecule has 2 N–H and O–H groups in total. The Morgan fingerprint density at radius 2 is 1.95 bits per heavy atom. The van der Waals surface area contributed by atoms with Gasteiger partial charge in [0, 0.05) is 18.3 Å². The molecule has 0 atom stereocenters. The number of phenols is 1. The lowest BCUT2D eigenvalue weighted by atomic mass is 10.2. The van der Waals surface area contributed by atoms with Crippen LogP contribution < -0.4 is 4.72 Å². The van der Waals surface area contributed by atoms with Crippen molar-refractivity contribution in [1.29, 1.82) is 0 Å². The molecule has 2 rings (SSSR count). The lowest BCUT2D eigenvalue weighted by molar-refractivity contribution is 0.467. The van der Waals surface area contributed by atoms with Gasteiger partial charge in [-0.25, -0.2) is 22.5 Å². The van der Waals surface area contributed by atoms with Crippen LogP contribution in [0.2, 0.25) is 0 Å². The zero-order valence-corrected chi connectivity index (χ0v) is 10.6. The van der Waals surface area contributed by atoms with Crippen molar-refractivity contribution in [3.05, 3.63) is 54.0 Å². The molecule has 0 saturated heterocycles. The van der Waals surface area contributed by atoms with E-state index < -0.39 is 20.9 Å². The minimum Gasteiger partial charge on any atom is -0.508 e. The molecule has 0 spiro atoms. The van der Waals surface area contributed by atoms with E-state index in [0.29, 0.717) is 5.56 Å². The third-order valence-electron chi connectivity index (χ3n) is 2.42.